The molecule has 0 aromatic carbocycles. The number of aryl methyl sites for hydroxylation is 1. The molecule has 1 fully saturated rings. The van der Waals surface area contributed by atoms with Gasteiger partial charge in [-0.25, -0.2) is 17.9 Å². The van der Waals surface area contributed by atoms with Crippen molar-refractivity contribution in [1.82, 2.24) is 14.8 Å². The molecule has 1 aromatic rings. The van der Waals surface area contributed by atoms with E-state index in [4.69, 9.17) is 4.52 Å². The lowest BCUT2D eigenvalue weighted by Crippen LogP contribution is -2.40. The van der Waals surface area contributed by atoms with E-state index in [9.17, 15) is 13.2 Å². The molecule has 21 heavy (non-hydrogen) atoms. The normalized spacial score (nSPS) is 19.0. The molecule has 1 aliphatic heterocycles. The molecule has 1 atom stereocenters. The van der Waals surface area contributed by atoms with Gasteiger partial charge in [-0.1, -0.05) is 12.1 Å². The number of carbonyl (C=O) groups is 1. The van der Waals surface area contributed by atoms with Gasteiger partial charge in [0, 0.05) is 25.2 Å². The van der Waals surface area contributed by atoms with E-state index in [2.05, 4.69) is 15.2 Å². The van der Waals surface area contributed by atoms with Crippen molar-refractivity contribution in [2.45, 2.75) is 32.7 Å². The van der Waals surface area contributed by atoms with Crippen LogP contribution in [0.25, 0.3) is 0 Å². The maximum absolute atomic E-state index is 12.0. The summed E-state index contributed by atoms with van der Waals surface area (Å²) in [5.74, 6) is 1.07. The molecule has 0 aliphatic carbocycles. The third kappa shape index (κ3) is 4.43. The number of urea groups is 1. The second kappa shape index (κ2) is 6.44. The third-order valence-corrected chi connectivity index (χ3v) is 4.80. The molecule has 0 bridgehead atoms. The topological polar surface area (TPSA) is 105 Å². The van der Waals surface area contributed by atoms with Crippen LogP contribution in [0.5, 0.6) is 0 Å². The van der Waals surface area contributed by atoms with E-state index in [1.165, 1.54) is 0 Å². The summed E-state index contributed by atoms with van der Waals surface area (Å²) < 4.78 is 30.9. The number of rotatable bonds is 5. The van der Waals surface area contributed by atoms with Crippen molar-refractivity contribution in [2.24, 2.45) is 0 Å². The predicted octanol–water partition coefficient (Wildman–Crippen LogP) is 0.919. The summed E-state index contributed by atoms with van der Waals surface area (Å²) in [6.07, 6.45) is 1.17. The van der Waals surface area contributed by atoms with E-state index >= 15 is 0 Å². The first-order valence-electron chi connectivity index (χ1n) is 6.89. The molecule has 0 radical (unpaired) electrons. The lowest BCUT2D eigenvalue weighted by Gasteiger charge is -2.16. The van der Waals surface area contributed by atoms with Crippen LogP contribution in [0, 0.1) is 6.92 Å². The molecule has 0 saturated carbocycles. The predicted molar refractivity (Wildman–Crippen MR) is 77.5 cm³/mol. The summed E-state index contributed by atoms with van der Waals surface area (Å²) >= 11 is 0. The Morgan fingerprint density at radius 3 is 2.95 bits per heavy atom. The van der Waals surface area contributed by atoms with Gasteiger partial charge in [0.1, 0.15) is 5.76 Å². The van der Waals surface area contributed by atoms with Crippen LogP contribution in [-0.2, 0) is 10.0 Å². The SMILES string of the molecule is CCCS(=O)(=O)N[C@@H]1CCN(C(=O)Nc2cc(C)on2)C1. The smallest absolute Gasteiger partial charge is 0.323 e. The number of anilines is 1. The minimum atomic E-state index is -3.26. The zero-order valence-electron chi connectivity index (χ0n) is 12.1. The molecule has 0 spiro atoms. The maximum atomic E-state index is 12.0. The van der Waals surface area contributed by atoms with Crippen LogP contribution in [0.2, 0.25) is 0 Å². The summed E-state index contributed by atoms with van der Waals surface area (Å²) in [7, 11) is -3.26. The molecular weight excluding hydrogens is 296 g/mol. The van der Waals surface area contributed by atoms with Crippen molar-refractivity contribution < 1.29 is 17.7 Å². The van der Waals surface area contributed by atoms with Crippen molar-refractivity contribution >= 4 is 21.9 Å². The Bertz CT molecular complexity index is 598. The van der Waals surface area contributed by atoms with Gasteiger partial charge in [-0.2, -0.15) is 0 Å². The molecule has 1 aromatic heterocycles. The standard InChI is InChI=1S/C12H20N4O4S/c1-3-6-21(18,19)15-10-4-5-16(8-10)12(17)13-11-7-9(2)20-14-11/h7,10,15H,3-6,8H2,1-2H3,(H,13,14,17)/t10-/m1/s1. The van der Waals surface area contributed by atoms with E-state index in [0.29, 0.717) is 37.5 Å². The van der Waals surface area contributed by atoms with Gasteiger partial charge in [-0.3, -0.25) is 5.32 Å². The highest BCUT2D eigenvalue weighted by molar-refractivity contribution is 7.89. The molecule has 2 rings (SSSR count). The Kier molecular flexibility index (Phi) is 4.84. The second-order valence-electron chi connectivity index (χ2n) is 5.12. The third-order valence-electron chi connectivity index (χ3n) is 3.16. The Hall–Kier alpha value is -1.61. The number of carbonyl (C=O) groups excluding carboxylic acids is 1. The number of sulfonamides is 1. The van der Waals surface area contributed by atoms with Crippen LogP contribution in [0.4, 0.5) is 10.6 Å². The van der Waals surface area contributed by atoms with Crippen LogP contribution in [0.1, 0.15) is 25.5 Å². The summed E-state index contributed by atoms with van der Waals surface area (Å²) in [6.45, 7) is 4.40. The molecule has 2 heterocycles. The van der Waals surface area contributed by atoms with Crippen molar-refractivity contribution in [1.29, 1.82) is 0 Å². The fourth-order valence-corrected chi connectivity index (χ4v) is 3.59. The molecular formula is C12H20N4O4S. The number of hydrogen-bond acceptors (Lipinski definition) is 5. The molecule has 118 valence electrons. The highest BCUT2D eigenvalue weighted by Crippen LogP contribution is 2.13. The molecule has 1 saturated heterocycles. The van der Waals surface area contributed by atoms with Crippen molar-refractivity contribution in [2.75, 3.05) is 24.2 Å². The van der Waals surface area contributed by atoms with E-state index in [1.807, 2.05) is 6.92 Å². The van der Waals surface area contributed by atoms with Crippen LogP contribution in [0.3, 0.4) is 0 Å². The molecule has 0 unspecified atom stereocenters. The first-order valence-corrected chi connectivity index (χ1v) is 8.54. The van der Waals surface area contributed by atoms with Crippen LogP contribution < -0.4 is 10.0 Å². The van der Waals surface area contributed by atoms with E-state index in [1.54, 1.807) is 17.9 Å². The monoisotopic (exact) mass is 316 g/mol. The highest BCUT2D eigenvalue weighted by Gasteiger charge is 2.29. The summed E-state index contributed by atoms with van der Waals surface area (Å²) in [5.41, 5.74) is 0. The maximum Gasteiger partial charge on any atom is 0.323 e. The Morgan fingerprint density at radius 2 is 2.33 bits per heavy atom. The van der Waals surface area contributed by atoms with Crippen LogP contribution in [-0.4, -0.2) is 49.4 Å². The Balaban J connectivity index is 1.86. The lowest BCUT2D eigenvalue weighted by atomic mass is 10.3. The van der Waals surface area contributed by atoms with Crippen molar-refractivity contribution in [3.05, 3.63) is 11.8 Å². The van der Waals surface area contributed by atoms with Gasteiger partial charge in [0.15, 0.2) is 5.82 Å². The van der Waals surface area contributed by atoms with Crippen LogP contribution in [0.15, 0.2) is 10.6 Å². The van der Waals surface area contributed by atoms with Gasteiger partial charge in [0.25, 0.3) is 0 Å². The number of nitrogens with zero attached hydrogens (tertiary/aromatic N) is 2. The number of hydrogen-bond donors (Lipinski definition) is 2. The molecule has 2 amide bonds. The van der Waals surface area contributed by atoms with E-state index in [0.717, 1.165) is 0 Å². The van der Waals surface area contributed by atoms with Crippen molar-refractivity contribution in [3.63, 3.8) is 0 Å². The molecule has 8 nitrogen and oxygen atoms in total. The van der Waals surface area contributed by atoms with E-state index < -0.39 is 10.0 Å². The van der Waals surface area contributed by atoms with Gasteiger partial charge < -0.3 is 9.42 Å². The second-order valence-corrected chi connectivity index (χ2v) is 6.99. The average Bonchev–Trinajstić information content (AvgIpc) is 2.98. The van der Waals surface area contributed by atoms with Gasteiger partial charge in [-0.15, -0.1) is 0 Å². The average molecular weight is 316 g/mol. The summed E-state index contributed by atoms with van der Waals surface area (Å²) in [6, 6.07) is 1.09. The van der Waals surface area contributed by atoms with Gasteiger partial charge >= 0.3 is 6.03 Å². The molecule has 2 N–H and O–H groups in total. The van der Waals surface area contributed by atoms with Crippen molar-refractivity contribution in [3.8, 4) is 0 Å². The minimum Gasteiger partial charge on any atom is -0.360 e. The highest BCUT2D eigenvalue weighted by atomic mass is 32.2. The Morgan fingerprint density at radius 1 is 1.57 bits per heavy atom. The molecule has 9 heteroatoms. The number of likely N-dealkylation sites (tertiary alicyclic amines) is 1. The van der Waals surface area contributed by atoms with Gasteiger partial charge in [0.05, 0.1) is 5.75 Å². The molecule has 1 aliphatic rings. The first kappa shape index (κ1) is 15.8. The fraction of sp³-hybridized carbons (Fsp3) is 0.667. The first-order chi connectivity index (χ1) is 9.89. The summed E-state index contributed by atoms with van der Waals surface area (Å²) in [5, 5.41) is 6.30. The number of nitrogens with one attached hydrogen (secondary N) is 2. The fourth-order valence-electron chi connectivity index (χ4n) is 2.24. The Labute approximate surface area is 123 Å². The van der Waals surface area contributed by atoms with E-state index in [-0.39, 0.29) is 17.8 Å². The summed E-state index contributed by atoms with van der Waals surface area (Å²) in [4.78, 5) is 13.6. The zero-order valence-corrected chi connectivity index (χ0v) is 12.9. The van der Waals surface area contributed by atoms with Gasteiger partial charge in [0.2, 0.25) is 10.0 Å². The zero-order chi connectivity index (χ0) is 15.5. The largest absolute Gasteiger partial charge is 0.360 e. The number of aromatic nitrogens is 1. The minimum absolute atomic E-state index is 0.105. The van der Waals surface area contributed by atoms with Gasteiger partial charge in [-0.05, 0) is 19.8 Å². The lowest BCUT2D eigenvalue weighted by molar-refractivity contribution is 0.221. The van der Waals surface area contributed by atoms with Crippen LogP contribution >= 0.6 is 0 Å². The number of amides is 2. The quantitative estimate of drug-likeness (QED) is 0.840.